The maximum atomic E-state index is 12.8. The minimum absolute atomic E-state index is 0.0224. The molecule has 0 aromatic heterocycles. The Balaban J connectivity index is 4.35. The molecule has 0 rings (SSSR count). The zero-order valence-electron chi connectivity index (χ0n) is 41.7. The molecule has 0 bridgehead atoms. The molecular weight excluding hydrogens is 799 g/mol. The minimum atomic E-state index is -1.13. The van der Waals surface area contributed by atoms with Gasteiger partial charge >= 0.3 is 11.9 Å². The van der Waals surface area contributed by atoms with Crippen LogP contribution in [-0.4, -0.2) is 75.5 Å². The van der Waals surface area contributed by atoms with Crippen LogP contribution < -0.4 is 5.11 Å². The molecule has 0 saturated heterocycles. The number of hydrogen-bond acceptors (Lipinski definition) is 7. The third-order valence-electron chi connectivity index (χ3n) is 11.0. The summed E-state index contributed by atoms with van der Waals surface area (Å²) in [6.45, 7) is 4.51. The average molecular weight is 894 g/mol. The fraction of sp³-hybridized carbons (Fsp3) is 0.696. The topological polar surface area (TPSA) is 102 Å². The summed E-state index contributed by atoms with van der Waals surface area (Å²) in [4.78, 5) is 37.0. The molecule has 0 aliphatic heterocycles. The standard InChI is InChI=1S/C56H95NO7/c1-6-8-10-12-14-16-18-20-22-24-26-27-28-29-31-32-34-36-38-40-42-44-46-54(58)63-51-52(50-62-49-48-53(56(60)61)57(3,4)5)64-55(59)47-45-43-41-39-37-35-33-30-25-23-21-19-17-15-13-11-9-7-2/h8,10,14,16,20,22,26-27,29-31,33-34,36,52-53H,6-7,9,11-13,15,17-19,21,23-25,28,32,35,37-51H2,1-5H3/b10-8+,16-14+,22-20+,27-26+,31-29+,33-30+,36-34+. The summed E-state index contributed by atoms with van der Waals surface area (Å²) < 4.78 is 17.2. The number of allylic oxidation sites excluding steroid dienone is 14. The van der Waals surface area contributed by atoms with E-state index in [0.29, 0.717) is 12.8 Å². The van der Waals surface area contributed by atoms with Crippen molar-refractivity contribution in [1.82, 2.24) is 0 Å². The van der Waals surface area contributed by atoms with Crippen LogP contribution in [-0.2, 0) is 28.6 Å². The Bertz CT molecular complexity index is 1320. The molecule has 0 aliphatic carbocycles. The Hall–Kier alpha value is -3.49. The Morgan fingerprint density at radius 2 is 0.875 bits per heavy atom. The molecule has 0 N–H and O–H groups in total. The number of quaternary nitrogens is 1. The molecule has 0 heterocycles. The summed E-state index contributed by atoms with van der Waals surface area (Å²) >= 11 is 0. The van der Waals surface area contributed by atoms with Crippen molar-refractivity contribution in [2.75, 3.05) is 41.0 Å². The van der Waals surface area contributed by atoms with Crippen molar-refractivity contribution in [1.29, 1.82) is 0 Å². The second kappa shape index (κ2) is 46.1. The first-order valence-electron chi connectivity index (χ1n) is 25.6. The van der Waals surface area contributed by atoms with Gasteiger partial charge in [-0.1, -0.05) is 176 Å². The first-order valence-corrected chi connectivity index (χ1v) is 25.6. The van der Waals surface area contributed by atoms with E-state index >= 15 is 0 Å². The molecular formula is C56H95NO7. The highest BCUT2D eigenvalue weighted by Crippen LogP contribution is 2.14. The van der Waals surface area contributed by atoms with Crippen LogP contribution in [0.2, 0.25) is 0 Å². The van der Waals surface area contributed by atoms with Crippen molar-refractivity contribution < 1.29 is 38.2 Å². The van der Waals surface area contributed by atoms with Gasteiger partial charge in [0.15, 0.2) is 6.10 Å². The molecule has 0 aromatic carbocycles. The fourth-order valence-electron chi connectivity index (χ4n) is 7.07. The van der Waals surface area contributed by atoms with Crippen LogP contribution in [0.15, 0.2) is 85.1 Å². The van der Waals surface area contributed by atoms with Gasteiger partial charge in [-0.05, 0) is 89.9 Å². The van der Waals surface area contributed by atoms with Gasteiger partial charge in [0.1, 0.15) is 12.6 Å². The Morgan fingerprint density at radius 1 is 0.484 bits per heavy atom. The zero-order valence-corrected chi connectivity index (χ0v) is 41.7. The first-order chi connectivity index (χ1) is 31.1. The number of likely N-dealkylation sites (N-methyl/N-ethyl adjacent to an activating group) is 1. The lowest BCUT2D eigenvalue weighted by Gasteiger charge is -2.34. The second-order valence-corrected chi connectivity index (χ2v) is 18.0. The summed E-state index contributed by atoms with van der Waals surface area (Å²) in [7, 11) is 5.40. The number of unbranched alkanes of at least 4 members (excludes halogenated alkanes) is 17. The van der Waals surface area contributed by atoms with Gasteiger partial charge in [-0.15, -0.1) is 0 Å². The average Bonchev–Trinajstić information content (AvgIpc) is 3.26. The van der Waals surface area contributed by atoms with Gasteiger partial charge in [0, 0.05) is 19.3 Å². The molecule has 2 unspecified atom stereocenters. The maximum Gasteiger partial charge on any atom is 0.306 e. The van der Waals surface area contributed by atoms with E-state index in [4.69, 9.17) is 14.2 Å². The number of carboxylic acids is 1. The van der Waals surface area contributed by atoms with E-state index in [-0.39, 0.29) is 42.7 Å². The minimum Gasteiger partial charge on any atom is -0.544 e. The lowest BCUT2D eigenvalue weighted by atomic mass is 10.1. The van der Waals surface area contributed by atoms with Crippen molar-refractivity contribution >= 4 is 17.9 Å². The van der Waals surface area contributed by atoms with E-state index in [1.165, 1.54) is 70.6 Å². The second-order valence-electron chi connectivity index (χ2n) is 18.0. The number of carboxylic acid groups (broad SMARTS) is 1. The van der Waals surface area contributed by atoms with Crippen molar-refractivity contribution in [3.8, 4) is 0 Å². The molecule has 64 heavy (non-hydrogen) atoms. The Labute approximate surface area is 393 Å². The number of nitrogens with zero attached hydrogens (tertiary/aromatic N) is 1. The SMILES string of the molecule is CC/C=C/C/C=C/C/C=C/C/C=C/C/C=C/C/C=C/CCCCCC(=O)OCC(COCCC(C(=O)[O-])[N+](C)(C)C)OC(=O)CCCCCCC/C=C/CCCCCCCCCCC. The molecule has 0 amide bonds. The van der Waals surface area contributed by atoms with Crippen molar-refractivity contribution in [3.05, 3.63) is 85.1 Å². The number of rotatable bonds is 45. The van der Waals surface area contributed by atoms with Crippen molar-refractivity contribution in [3.63, 3.8) is 0 Å². The lowest BCUT2D eigenvalue weighted by molar-refractivity contribution is -0.889. The monoisotopic (exact) mass is 894 g/mol. The number of carbonyl (C=O) groups excluding carboxylic acids is 3. The van der Waals surface area contributed by atoms with Gasteiger partial charge in [0.2, 0.25) is 0 Å². The summed E-state index contributed by atoms with van der Waals surface area (Å²) in [5.41, 5.74) is 0. The lowest BCUT2D eigenvalue weighted by Crippen LogP contribution is -2.55. The number of ether oxygens (including phenoxy) is 3. The normalized spacial score (nSPS) is 13.6. The number of esters is 2. The van der Waals surface area contributed by atoms with Crippen LogP contribution in [0.25, 0.3) is 0 Å². The number of carbonyl (C=O) groups is 3. The van der Waals surface area contributed by atoms with Crippen LogP contribution in [0.4, 0.5) is 0 Å². The highest BCUT2D eigenvalue weighted by Gasteiger charge is 2.25. The molecule has 0 radical (unpaired) electrons. The quantitative estimate of drug-likeness (QED) is 0.0260. The zero-order chi connectivity index (χ0) is 47.0. The third-order valence-corrected chi connectivity index (χ3v) is 11.0. The Morgan fingerprint density at radius 3 is 1.33 bits per heavy atom. The highest BCUT2D eigenvalue weighted by atomic mass is 16.6. The van der Waals surface area contributed by atoms with E-state index in [1.807, 2.05) is 0 Å². The van der Waals surface area contributed by atoms with Gasteiger partial charge in [0.05, 0.1) is 40.3 Å². The highest BCUT2D eigenvalue weighted by molar-refractivity contribution is 5.70. The summed E-state index contributed by atoms with van der Waals surface area (Å²) in [5, 5.41) is 11.7. The summed E-state index contributed by atoms with van der Waals surface area (Å²) in [6.07, 6.45) is 60.4. The van der Waals surface area contributed by atoms with Crippen LogP contribution >= 0.6 is 0 Å². The van der Waals surface area contributed by atoms with Gasteiger partial charge in [0.25, 0.3) is 0 Å². The van der Waals surface area contributed by atoms with Crippen LogP contribution in [0.3, 0.4) is 0 Å². The molecule has 0 saturated carbocycles. The van der Waals surface area contributed by atoms with Crippen molar-refractivity contribution in [2.45, 2.75) is 212 Å². The van der Waals surface area contributed by atoms with Crippen LogP contribution in [0, 0.1) is 0 Å². The first kappa shape index (κ1) is 60.5. The number of hydrogen-bond donors (Lipinski definition) is 0. The Kier molecular flexibility index (Phi) is 43.5. The molecule has 2 atom stereocenters. The van der Waals surface area contributed by atoms with E-state index in [0.717, 1.165) is 96.3 Å². The van der Waals surface area contributed by atoms with Crippen LogP contribution in [0.1, 0.15) is 200 Å². The van der Waals surface area contributed by atoms with Gasteiger partial charge in [-0.25, -0.2) is 0 Å². The number of aliphatic carboxylic acids is 1. The smallest absolute Gasteiger partial charge is 0.306 e. The predicted molar refractivity (Wildman–Crippen MR) is 268 cm³/mol. The maximum absolute atomic E-state index is 12.8. The largest absolute Gasteiger partial charge is 0.544 e. The van der Waals surface area contributed by atoms with E-state index in [2.05, 4.69) is 98.9 Å². The predicted octanol–water partition coefficient (Wildman–Crippen LogP) is 13.5. The third kappa shape index (κ3) is 43.7. The van der Waals surface area contributed by atoms with Crippen LogP contribution in [0.5, 0.6) is 0 Å². The van der Waals surface area contributed by atoms with Gasteiger partial charge < -0.3 is 28.6 Å². The van der Waals surface area contributed by atoms with E-state index in [9.17, 15) is 19.5 Å². The summed E-state index contributed by atoms with van der Waals surface area (Å²) in [6, 6.07) is -0.737. The van der Waals surface area contributed by atoms with Gasteiger partial charge in [-0.2, -0.15) is 0 Å². The van der Waals surface area contributed by atoms with Crippen molar-refractivity contribution in [2.24, 2.45) is 0 Å². The van der Waals surface area contributed by atoms with E-state index < -0.39 is 18.1 Å². The molecule has 8 nitrogen and oxygen atoms in total. The molecule has 0 aliphatic rings. The molecule has 0 fully saturated rings. The fourth-order valence-corrected chi connectivity index (χ4v) is 7.07. The molecule has 366 valence electrons. The summed E-state index contributed by atoms with van der Waals surface area (Å²) in [5.74, 6) is -1.79. The molecule has 0 aromatic rings. The van der Waals surface area contributed by atoms with E-state index in [1.54, 1.807) is 21.1 Å². The molecule has 0 spiro atoms. The van der Waals surface area contributed by atoms with Gasteiger partial charge in [-0.3, -0.25) is 9.59 Å². The molecule has 8 heteroatoms.